The van der Waals surface area contributed by atoms with Crippen LogP contribution < -0.4 is 0 Å². The van der Waals surface area contributed by atoms with E-state index in [0.29, 0.717) is 13.0 Å². The zero-order valence-corrected chi connectivity index (χ0v) is 12.1. The van der Waals surface area contributed by atoms with Gasteiger partial charge in [-0.1, -0.05) is 60.7 Å². The van der Waals surface area contributed by atoms with Crippen molar-refractivity contribution in [2.75, 3.05) is 6.61 Å². The number of esters is 1. The lowest BCUT2D eigenvalue weighted by atomic mass is 10.1. The van der Waals surface area contributed by atoms with E-state index < -0.39 is 6.04 Å². The summed E-state index contributed by atoms with van der Waals surface area (Å²) in [5, 5.41) is 0. The van der Waals surface area contributed by atoms with Crippen LogP contribution in [0.3, 0.4) is 0 Å². The van der Waals surface area contributed by atoms with Crippen LogP contribution in [0.25, 0.3) is 0 Å². The first-order valence-electron chi connectivity index (χ1n) is 7.08. The molecule has 0 amide bonds. The first-order valence-corrected chi connectivity index (χ1v) is 7.08. The monoisotopic (exact) mass is 281 g/mol. The second-order valence-corrected chi connectivity index (χ2v) is 4.65. The lowest BCUT2D eigenvalue weighted by Gasteiger charge is -2.11. The minimum atomic E-state index is -0.507. The number of hydrogen-bond acceptors (Lipinski definition) is 3. The molecule has 0 bridgehead atoms. The Bertz CT molecular complexity index is 579. The second kappa shape index (κ2) is 8.00. The molecule has 0 heterocycles. The minimum absolute atomic E-state index is 0.284. The number of hydrogen-bond donors (Lipinski definition) is 0. The Morgan fingerprint density at radius 3 is 2.33 bits per heavy atom. The summed E-state index contributed by atoms with van der Waals surface area (Å²) in [4.78, 5) is 16.4. The third kappa shape index (κ3) is 4.88. The number of benzene rings is 2. The van der Waals surface area contributed by atoms with E-state index in [0.717, 1.165) is 11.1 Å². The zero-order valence-electron chi connectivity index (χ0n) is 12.1. The van der Waals surface area contributed by atoms with Crippen molar-refractivity contribution in [3.05, 3.63) is 71.8 Å². The molecule has 108 valence electrons. The SMILES string of the molecule is CCOC(=O)[C@@H](Cc1ccccc1)N=Cc1ccccc1. The third-order valence-corrected chi connectivity index (χ3v) is 3.03. The quantitative estimate of drug-likeness (QED) is 0.602. The Kier molecular flexibility index (Phi) is 5.71. The summed E-state index contributed by atoms with van der Waals surface area (Å²) in [6.45, 7) is 2.17. The molecule has 0 radical (unpaired) electrons. The van der Waals surface area contributed by atoms with E-state index in [9.17, 15) is 4.79 Å². The summed E-state index contributed by atoms with van der Waals surface area (Å²) in [5.41, 5.74) is 2.04. The molecule has 0 aromatic heterocycles. The van der Waals surface area contributed by atoms with Gasteiger partial charge < -0.3 is 4.74 Å². The molecule has 2 rings (SSSR count). The highest BCUT2D eigenvalue weighted by Crippen LogP contribution is 2.08. The van der Waals surface area contributed by atoms with E-state index in [1.165, 1.54) is 0 Å². The highest BCUT2D eigenvalue weighted by molar-refractivity contribution is 5.84. The Morgan fingerprint density at radius 1 is 1.10 bits per heavy atom. The van der Waals surface area contributed by atoms with Gasteiger partial charge in [-0.05, 0) is 18.1 Å². The van der Waals surface area contributed by atoms with E-state index in [1.807, 2.05) is 60.7 Å². The maximum Gasteiger partial charge on any atom is 0.331 e. The fraction of sp³-hybridized carbons (Fsp3) is 0.222. The van der Waals surface area contributed by atoms with Crippen molar-refractivity contribution in [2.45, 2.75) is 19.4 Å². The van der Waals surface area contributed by atoms with Crippen molar-refractivity contribution in [1.29, 1.82) is 0 Å². The fourth-order valence-electron chi connectivity index (χ4n) is 1.99. The minimum Gasteiger partial charge on any atom is -0.464 e. The largest absolute Gasteiger partial charge is 0.464 e. The van der Waals surface area contributed by atoms with Crippen LogP contribution in [0.5, 0.6) is 0 Å². The highest BCUT2D eigenvalue weighted by Gasteiger charge is 2.18. The van der Waals surface area contributed by atoms with Gasteiger partial charge in [-0.25, -0.2) is 4.79 Å². The molecule has 0 aliphatic carbocycles. The smallest absolute Gasteiger partial charge is 0.331 e. The molecule has 2 aromatic carbocycles. The molecule has 0 aliphatic heterocycles. The molecule has 21 heavy (non-hydrogen) atoms. The van der Waals surface area contributed by atoms with Gasteiger partial charge in [-0.2, -0.15) is 0 Å². The van der Waals surface area contributed by atoms with Crippen LogP contribution >= 0.6 is 0 Å². The number of nitrogens with zero attached hydrogens (tertiary/aromatic N) is 1. The maximum absolute atomic E-state index is 12.0. The van der Waals surface area contributed by atoms with Crippen LogP contribution in [0.2, 0.25) is 0 Å². The van der Waals surface area contributed by atoms with Gasteiger partial charge in [0.1, 0.15) is 0 Å². The average molecular weight is 281 g/mol. The van der Waals surface area contributed by atoms with Crippen LogP contribution in [0.1, 0.15) is 18.1 Å². The Labute approximate surface area is 125 Å². The van der Waals surface area contributed by atoms with Gasteiger partial charge in [0.15, 0.2) is 6.04 Å². The topological polar surface area (TPSA) is 38.7 Å². The van der Waals surface area contributed by atoms with Crippen molar-refractivity contribution >= 4 is 12.2 Å². The zero-order chi connectivity index (χ0) is 14.9. The number of carbonyl (C=O) groups excluding carboxylic acids is 1. The van der Waals surface area contributed by atoms with E-state index in [1.54, 1.807) is 13.1 Å². The molecule has 0 N–H and O–H groups in total. The first kappa shape index (κ1) is 15.0. The number of rotatable bonds is 6. The van der Waals surface area contributed by atoms with Crippen LogP contribution in [-0.4, -0.2) is 24.8 Å². The van der Waals surface area contributed by atoms with E-state index in [2.05, 4.69) is 4.99 Å². The Morgan fingerprint density at radius 2 is 1.71 bits per heavy atom. The van der Waals surface area contributed by atoms with Crippen molar-refractivity contribution in [3.8, 4) is 0 Å². The molecule has 0 aliphatic rings. The Balaban J connectivity index is 2.12. The van der Waals surface area contributed by atoms with Gasteiger partial charge in [0.25, 0.3) is 0 Å². The standard InChI is InChI=1S/C18H19NO2/c1-2-21-18(20)17(13-15-9-5-3-6-10-15)19-14-16-11-7-4-8-12-16/h3-12,14,17H,2,13H2,1H3/t17-/m1/s1. The van der Waals surface area contributed by atoms with Crippen LogP contribution in [0.4, 0.5) is 0 Å². The molecule has 3 nitrogen and oxygen atoms in total. The molecular formula is C18H19NO2. The third-order valence-electron chi connectivity index (χ3n) is 3.03. The molecule has 2 aromatic rings. The normalized spacial score (nSPS) is 12.2. The van der Waals surface area contributed by atoms with Gasteiger partial charge in [-0.15, -0.1) is 0 Å². The van der Waals surface area contributed by atoms with Gasteiger partial charge in [0, 0.05) is 12.6 Å². The van der Waals surface area contributed by atoms with E-state index in [-0.39, 0.29) is 5.97 Å². The molecule has 0 saturated heterocycles. The van der Waals surface area contributed by atoms with Crippen molar-refractivity contribution in [1.82, 2.24) is 0 Å². The highest BCUT2D eigenvalue weighted by atomic mass is 16.5. The molecule has 3 heteroatoms. The predicted molar refractivity (Wildman–Crippen MR) is 84.6 cm³/mol. The van der Waals surface area contributed by atoms with Crippen molar-refractivity contribution < 1.29 is 9.53 Å². The summed E-state index contributed by atoms with van der Waals surface area (Å²) in [6.07, 6.45) is 2.27. The maximum atomic E-state index is 12.0. The lowest BCUT2D eigenvalue weighted by Crippen LogP contribution is -2.24. The summed E-state index contributed by atoms with van der Waals surface area (Å²) in [5.74, 6) is -0.284. The average Bonchev–Trinajstić information content (AvgIpc) is 2.53. The van der Waals surface area contributed by atoms with E-state index in [4.69, 9.17) is 4.74 Å². The molecule has 0 saturated carbocycles. The summed E-state index contributed by atoms with van der Waals surface area (Å²) < 4.78 is 5.11. The van der Waals surface area contributed by atoms with Gasteiger partial charge in [-0.3, -0.25) is 4.99 Å². The molecule has 0 unspecified atom stereocenters. The van der Waals surface area contributed by atoms with Crippen LogP contribution in [0, 0.1) is 0 Å². The Hall–Kier alpha value is -2.42. The molecule has 0 spiro atoms. The van der Waals surface area contributed by atoms with Gasteiger partial charge >= 0.3 is 5.97 Å². The predicted octanol–water partition coefficient (Wildman–Crippen LogP) is 3.28. The van der Waals surface area contributed by atoms with E-state index >= 15 is 0 Å². The summed E-state index contributed by atoms with van der Waals surface area (Å²) >= 11 is 0. The van der Waals surface area contributed by atoms with Gasteiger partial charge in [0.2, 0.25) is 0 Å². The molecule has 1 atom stereocenters. The summed E-state index contributed by atoms with van der Waals surface area (Å²) in [6, 6.07) is 19.1. The lowest BCUT2D eigenvalue weighted by molar-refractivity contribution is -0.144. The van der Waals surface area contributed by atoms with Gasteiger partial charge in [0.05, 0.1) is 6.61 Å². The van der Waals surface area contributed by atoms with Crippen LogP contribution in [-0.2, 0) is 16.0 Å². The number of aliphatic imine (C=N–C) groups is 1. The fourth-order valence-corrected chi connectivity index (χ4v) is 1.99. The number of carbonyl (C=O) groups is 1. The number of ether oxygens (including phenoxy) is 1. The first-order chi connectivity index (χ1) is 10.3. The molecule has 0 fully saturated rings. The second-order valence-electron chi connectivity index (χ2n) is 4.65. The van der Waals surface area contributed by atoms with Crippen molar-refractivity contribution in [3.63, 3.8) is 0 Å². The van der Waals surface area contributed by atoms with Crippen LogP contribution in [0.15, 0.2) is 65.7 Å². The van der Waals surface area contributed by atoms with Crippen molar-refractivity contribution in [2.24, 2.45) is 4.99 Å². The molecular weight excluding hydrogens is 262 g/mol. The summed E-state index contributed by atoms with van der Waals surface area (Å²) in [7, 11) is 0.